The van der Waals surface area contributed by atoms with Crippen LogP contribution in [0.3, 0.4) is 0 Å². The fraction of sp³-hybridized carbons (Fsp3) is 0.650. The molecule has 0 spiro atoms. The fourth-order valence-electron chi connectivity index (χ4n) is 4.19. The zero-order valence-electron chi connectivity index (χ0n) is 15.0. The Morgan fingerprint density at radius 2 is 1.88 bits per heavy atom. The minimum atomic E-state index is -0.487. The van der Waals surface area contributed by atoms with Gasteiger partial charge in [-0.05, 0) is 44.2 Å². The van der Waals surface area contributed by atoms with Crippen LogP contribution in [-0.2, 0) is 4.79 Å². The molecule has 1 aromatic rings. The number of likely N-dealkylation sites (tertiary alicyclic amines) is 1. The number of halogens is 1. The molecule has 1 saturated carbocycles. The number of piperidine rings is 1. The van der Waals surface area contributed by atoms with E-state index in [9.17, 15) is 14.3 Å². The third kappa shape index (κ3) is 4.39. The van der Waals surface area contributed by atoms with E-state index >= 15 is 0 Å². The molecule has 0 aromatic heterocycles. The summed E-state index contributed by atoms with van der Waals surface area (Å²) in [5.41, 5.74) is 0.447. The van der Waals surface area contributed by atoms with Crippen molar-refractivity contribution in [3.8, 4) is 0 Å². The van der Waals surface area contributed by atoms with Gasteiger partial charge in [-0.2, -0.15) is 0 Å². The number of carbonyl (C=O) groups is 1. The monoisotopic (exact) mass is 348 g/mol. The molecule has 1 aliphatic carbocycles. The van der Waals surface area contributed by atoms with E-state index in [4.69, 9.17) is 0 Å². The third-order valence-corrected chi connectivity index (χ3v) is 5.80. The molecular weight excluding hydrogens is 319 g/mol. The van der Waals surface area contributed by atoms with Crippen LogP contribution >= 0.6 is 0 Å². The highest BCUT2D eigenvalue weighted by Crippen LogP contribution is 2.26. The van der Waals surface area contributed by atoms with Crippen LogP contribution < -0.4 is 5.32 Å². The van der Waals surface area contributed by atoms with Gasteiger partial charge in [-0.15, -0.1) is 0 Å². The Hall–Kier alpha value is -1.46. The average Bonchev–Trinajstić information content (AvgIpc) is 2.63. The molecule has 3 rings (SSSR count). The van der Waals surface area contributed by atoms with Gasteiger partial charge in [-0.1, -0.05) is 31.0 Å². The summed E-state index contributed by atoms with van der Waals surface area (Å²) in [7, 11) is 0. The van der Waals surface area contributed by atoms with Gasteiger partial charge in [-0.25, -0.2) is 4.39 Å². The second kappa shape index (κ2) is 8.28. The number of amides is 1. The average molecular weight is 348 g/mol. The molecule has 1 amide bonds. The Balaban J connectivity index is 1.50. The Bertz CT molecular complexity index is 587. The smallest absolute Gasteiger partial charge is 0.227 e. The number of hydrogen-bond donors (Lipinski definition) is 2. The summed E-state index contributed by atoms with van der Waals surface area (Å²) in [4.78, 5) is 14.8. The van der Waals surface area contributed by atoms with Gasteiger partial charge in [-0.3, -0.25) is 9.69 Å². The van der Waals surface area contributed by atoms with E-state index in [2.05, 4.69) is 10.2 Å². The quantitative estimate of drug-likeness (QED) is 0.880. The molecule has 3 unspecified atom stereocenters. The fourth-order valence-corrected chi connectivity index (χ4v) is 4.19. The van der Waals surface area contributed by atoms with Crippen LogP contribution in [0.15, 0.2) is 24.3 Å². The Kier molecular flexibility index (Phi) is 6.07. The van der Waals surface area contributed by atoms with Crippen LogP contribution in [0.2, 0.25) is 0 Å². The third-order valence-electron chi connectivity index (χ3n) is 5.80. The van der Waals surface area contributed by atoms with Crippen LogP contribution in [0.25, 0.3) is 0 Å². The first kappa shape index (κ1) is 18.3. The maximum absolute atomic E-state index is 13.9. The molecule has 0 bridgehead atoms. The molecule has 3 atom stereocenters. The molecule has 5 heteroatoms. The standard InChI is InChI=1S/C20H29FN2O2/c1-14(16-6-2-3-7-17(16)21)20(25)22-15-10-12-23(13-11-15)18-8-4-5-9-19(18)24/h2-3,6-7,14-15,18-19,24H,4-5,8-13H2,1H3,(H,22,25). The van der Waals surface area contributed by atoms with Crippen molar-refractivity contribution in [1.82, 2.24) is 10.2 Å². The lowest BCUT2D eigenvalue weighted by molar-refractivity contribution is -0.123. The molecule has 2 aliphatic rings. The zero-order chi connectivity index (χ0) is 17.8. The van der Waals surface area contributed by atoms with Crippen molar-refractivity contribution in [3.63, 3.8) is 0 Å². The summed E-state index contributed by atoms with van der Waals surface area (Å²) in [6.45, 7) is 3.56. The van der Waals surface area contributed by atoms with E-state index in [1.807, 2.05) is 0 Å². The molecule has 4 nitrogen and oxygen atoms in total. The van der Waals surface area contributed by atoms with E-state index in [1.165, 1.54) is 12.5 Å². The lowest BCUT2D eigenvalue weighted by Crippen LogP contribution is -2.52. The van der Waals surface area contributed by atoms with E-state index < -0.39 is 5.92 Å². The van der Waals surface area contributed by atoms with Gasteiger partial charge in [0.15, 0.2) is 0 Å². The molecular formula is C20H29FN2O2. The molecule has 2 N–H and O–H groups in total. The van der Waals surface area contributed by atoms with Crippen LogP contribution in [0, 0.1) is 5.82 Å². The SMILES string of the molecule is CC(C(=O)NC1CCN(C2CCCCC2O)CC1)c1ccccc1F. The van der Waals surface area contributed by atoms with Crippen LogP contribution in [-0.4, -0.2) is 47.2 Å². The molecule has 1 heterocycles. The minimum Gasteiger partial charge on any atom is -0.391 e. The predicted molar refractivity (Wildman–Crippen MR) is 95.8 cm³/mol. The van der Waals surface area contributed by atoms with Gasteiger partial charge in [0.25, 0.3) is 0 Å². The number of nitrogens with one attached hydrogen (secondary N) is 1. The van der Waals surface area contributed by atoms with Gasteiger partial charge in [0.05, 0.1) is 12.0 Å². The van der Waals surface area contributed by atoms with Crippen molar-refractivity contribution in [2.75, 3.05) is 13.1 Å². The molecule has 138 valence electrons. The van der Waals surface area contributed by atoms with E-state index in [0.717, 1.165) is 45.2 Å². The molecule has 25 heavy (non-hydrogen) atoms. The molecule has 1 aliphatic heterocycles. The van der Waals surface area contributed by atoms with Crippen molar-refractivity contribution in [2.45, 2.75) is 69.6 Å². The van der Waals surface area contributed by atoms with E-state index in [1.54, 1.807) is 25.1 Å². The van der Waals surface area contributed by atoms with Gasteiger partial charge in [0.2, 0.25) is 5.91 Å². The van der Waals surface area contributed by atoms with Crippen molar-refractivity contribution in [3.05, 3.63) is 35.6 Å². The largest absolute Gasteiger partial charge is 0.391 e. The number of rotatable bonds is 4. The van der Waals surface area contributed by atoms with Crippen molar-refractivity contribution < 1.29 is 14.3 Å². The summed E-state index contributed by atoms with van der Waals surface area (Å²) < 4.78 is 13.9. The number of benzene rings is 1. The Morgan fingerprint density at radius 3 is 2.56 bits per heavy atom. The summed E-state index contributed by atoms with van der Waals surface area (Å²) in [6.07, 6.45) is 5.86. The van der Waals surface area contributed by atoms with Gasteiger partial charge in [0, 0.05) is 25.2 Å². The number of aliphatic hydroxyl groups is 1. The Morgan fingerprint density at radius 1 is 1.20 bits per heavy atom. The number of hydrogen-bond acceptors (Lipinski definition) is 3. The lowest BCUT2D eigenvalue weighted by Gasteiger charge is -2.41. The minimum absolute atomic E-state index is 0.110. The maximum atomic E-state index is 13.9. The molecule has 1 aromatic carbocycles. The highest BCUT2D eigenvalue weighted by atomic mass is 19.1. The molecule has 0 radical (unpaired) electrons. The van der Waals surface area contributed by atoms with Crippen LogP contribution in [0.5, 0.6) is 0 Å². The summed E-state index contributed by atoms with van der Waals surface area (Å²) >= 11 is 0. The highest BCUT2D eigenvalue weighted by Gasteiger charge is 2.32. The second-order valence-corrected chi connectivity index (χ2v) is 7.48. The zero-order valence-corrected chi connectivity index (χ0v) is 15.0. The number of aliphatic hydroxyl groups excluding tert-OH is 1. The summed E-state index contributed by atoms with van der Waals surface area (Å²) in [5.74, 6) is -0.924. The maximum Gasteiger partial charge on any atom is 0.227 e. The van der Waals surface area contributed by atoms with Gasteiger partial charge >= 0.3 is 0 Å². The molecule has 1 saturated heterocycles. The van der Waals surface area contributed by atoms with Crippen molar-refractivity contribution >= 4 is 5.91 Å². The Labute approximate surface area is 149 Å². The summed E-state index contributed by atoms with van der Waals surface area (Å²) in [6, 6.07) is 6.89. The van der Waals surface area contributed by atoms with Gasteiger partial charge in [0.1, 0.15) is 5.82 Å². The van der Waals surface area contributed by atoms with E-state index in [0.29, 0.717) is 5.56 Å². The van der Waals surface area contributed by atoms with Crippen molar-refractivity contribution in [2.24, 2.45) is 0 Å². The topological polar surface area (TPSA) is 52.6 Å². The predicted octanol–water partition coefficient (Wildman–Crippen LogP) is 2.81. The first-order chi connectivity index (χ1) is 12.1. The van der Waals surface area contributed by atoms with Gasteiger partial charge < -0.3 is 10.4 Å². The first-order valence-electron chi connectivity index (χ1n) is 9.53. The number of carbonyl (C=O) groups excluding carboxylic acids is 1. The van der Waals surface area contributed by atoms with E-state index in [-0.39, 0.29) is 29.9 Å². The summed E-state index contributed by atoms with van der Waals surface area (Å²) in [5, 5.41) is 13.3. The number of nitrogens with zero attached hydrogens (tertiary/aromatic N) is 1. The van der Waals surface area contributed by atoms with Crippen LogP contribution in [0.4, 0.5) is 4.39 Å². The second-order valence-electron chi connectivity index (χ2n) is 7.48. The van der Waals surface area contributed by atoms with Crippen molar-refractivity contribution in [1.29, 1.82) is 0 Å². The lowest BCUT2D eigenvalue weighted by atomic mass is 9.89. The van der Waals surface area contributed by atoms with Crippen LogP contribution in [0.1, 0.15) is 56.9 Å². The normalized spacial score (nSPS) is 27.0. The molecule has 2 fully saturated rings. The highest BCUT2D eigenvalue weighted by molar-refractivity contribution is 5.83. The first-order valence-corrected chi connectivity index (χ1v) is 9.53.